The average molecular weight is 326 g/mol. The molecule has 1 N–H and O–H groups in total. The van der Waals surface area contributed by atoms with Crippen LogP contribution in [0.1, 0.15) is 35.2 Å². The van der Waals surface area contributed by atoms with Crippen LogP contribution in [0.15, 0.2) is 18.2 Å². The van der Waals surface area contributed by atoms with Gasteiger partial charge in [0.1, 0.15) is 5.75 Å². The first-order chi connectivity index (χ1) is 9.11. The zero-order chi connectivity index (χ0) is 13.8. The van der Waals surface area contributed by atoms with Gasteiger partial charge in [0.2, 0.25) is 0 Å². The van der Waals surface area contributed by atoms with Gasteiger partial charge in [0.15, 0.2) is 0 Å². The number of aryl methyl sites for hydroxylation is 1. The van der Waals surface area contributed by atoms with Crippen molar-refractivity contribution in [1.29, 1.82) is 0 Å². The van der Waals surface area contributed by atoms with E-state index in [1.54, 1.807) is 18.2 Å². The first-order valence-electron chi connectivity index (χ1n) is 6.76. The maximum absolute atomic E-state index is 12.5. The van der Waals surface area contributed by atoms with Crippen molar-refractivity contribution in [2.24, 2.45) is 5.92 Å². The molecule has 0 aliphatic carbocycles. The van der Waals surface area contributed by atoms with E-state index in [1.165, 1.54) is 6.42 Å². The Kier molecular flexibility index (Phi) is 4.86. The number of hydrogen-bond acceptors (Lipinski definition) is 2. The molecule has 1 amide bonds. The summed E-state index contributed by atoms with van der Waals surface area (Å²) in [5.41, 5.74) is 1.55. The number of likely N-dealkylation sites (tertiary alicyclic amines) is 1. The second kappa shape index (κ2) is 6.42. The molecule has 3 nitrogen and oxygen atoms in total. The number of aromatic hydroxyl groups is 1. The molecule has 104 valence electrons. The Morgan fingerprint density at radius 1 is 1.53 bits per heavy atom. The molecule has 1 fully saturated rings. The number of benzene rings is 1. The molecule has 1 aromatic rings. The van der Waals surface area contributed by atoms with Gasteiger partial charge in [-0.3, -0.25) is 4.79 Å². The summed E-state index contributed by atoms with van der Waals surface area (Å²) in [6.07, 6.45) is 3.42. The third kappa shape index (κ3) is 3.50. The summed E-state index contributed by atoms with van der Waals surface area (Å²) in [6.45, 7) is 3.57. The summed E-state index contributed by atoms with van der Waals surface area (Å²) in [5, 5.41) is 10.4. The van der Waals surface area contributed by atoms with Crippen molar-refractivity contribution >= 4 is 21.8 Å². The number of halogens is 1. The molecule has 1 aliphatic heterocycles. The van der Waals surface area contributed by atoms with Gasteiger partial charge in [0.25, 0.3) is 5.91 Å². The molecule has 1 aliphatic rings. The number of nitrogens with zero attached hydrogens (tertiary/aromatic N) is 1. The lowest BCUT2D eigenvalue weighted by Gasteiger charge is -2.33. The number of alkyl halides is 1. The van der Waals surface area contributed by atoms with Crippen molar-refractivity contribution in [3.63, 3.8) is 0 Å². The van der Waals surface area contributed by atoms with Gasteiger partial charge in [-0.1, -0.05) is 15.9 Å². The summed E-state index contributed by atoms with van der Waals surface area (Å²) >= 11 is 3.48. The standard InChI is InChI=1S/C15H20BrNO2/c1-11-9-13(18)4-5-14(11)15(19)17-8-2-3-12(10-17)6-7-16/h4-5,9,12,18H,2-3,6-8,10H2,1H3. The zero-order valence-corrected chi connectivity index (χ0v) is 12.8. The predicted molar refractivity (Wildman–Crippen MR) is 79.9 cm³/mol. The van der Waals surface area contributed by atoms with Gasteiger partial charge >= 0.3 is 0 Å². The van der Waals surface area contributed by atoms with Crippen molar-refractivity contribution in [3.8, 4) is 5.75 Å². The molecule has 0 aromatic heterocycles. The highest BCUT2D eigenvalue weighted by Crippen LogP contribution is 2.23. The number of phenols is 1. The second-order valence-electron chi connectivity index (χ2n) is 5.24. The van der Waals surface area contributed by atoms with Gasteiger partial charge in [-0.05, 0) is 55.9 Å². The molecule has 0 radical (unpaired) electrons. The summed E-state index contributed by atoms with van der Waals surface area (Å²) in [6, 6.07) is 4.95. The minimum Gasteiger partial charge on any atom is -0.508 e. The van der Waals surface area contributed by atoms with Crippen molar-refractivity contribution in [2.75, 3.05) is 18.4 Å². The molecule has 1 atom stereocenters. The van der Waals surface area contributed by atoms with Crippen LogP contribution in [0.25, 0.3) is 0 Å². The number of hydrogen-bond donors (Lipinski definition) is 1. The van der Waals surface area contributed by atoms with Crippen molar-refractivity contribution in [1.82, 2.24) is 4.90 Å². The summed E-state index contributed by atoms with van der Waals surface area (Å²) in [5.74, 6) is 0.913. The number of piperidine rings is 1. The van der Waals surface area contributed by atoms with Crippen LogP contribution in [-0.2, 0) is 0 Å². The highest BCUT2D eigenvalue weighted by atomic mass is 79.9. The van der Waals surface area contributed by atoms with Crippen LogP contribution >= 0.6 is 15.9 Å². The molecule has 4 heteroatoms. The summed E-state index contributed by atoms with van der Waals surface area (Å²) in [4.78, 5) is 14.5. The number of amides is 1. The Balaban J connectivity index is 2.10. The van der Waals surface area contributed by atoms with Gasteiger partial charge in [-0.2, -0.15) is 0 Å². The molecule has 0 saturated carbocycles. The van der Waals surface area contributed by atoms with E-state index in [-0.39, 0.29) is 11.7 Å². The van der Waals surface area contributed by atoms with Crippen LogP contribution in [0.4, 0.5) is 0 Å². The SMILES string of the molecule is Cc1cc(O)ccc1C(=O)N1CCCC(CCBr)C1. The molecular weight excluding hydrogens is 306 g/mol. The van der Waals surface area contributed by atoms with Crippen molar-refractivity contribution in [3.05, 3.63) is 29.3 Å². The Labute approximate surface area is 122 Å². The maximum atomic E-state index is 12.5. The third-order valence-corrected chi connectivity index (χ3v) is 4.22. The van der Waals surface area contributed by atoms with Crippen LogP contribution in [-0.4, -0.2) is 34.3 Å². The normalized spacial score (nSPS) is 19.5. The Hall–Kier alpha value is -1.03. The fourth-order valence-electron chi connectivity index (χ4n) is 2.70. The molecule has 2 rings (SSSR count). The Bertz CT molecular complexity index is 459. The lowest BCUT2D eigenvalue weighted by Crippen LogP contribution is -2.40. The number of phenolic OH excluding ortho intramolecular Hbond substituents is 1. The lowest BCUT2D eigenvalue weighted by atomic mass is 9.94. The van der Waals surface area contributed by atoms with Gasteiger partial charge in [-0.25, -0.2) is 0 Å². The lowest BCUT2D eigenvalue weighted by molar-refractivity contribution is 0.0671. The van der Waals surface area contributed by atoms with E-state index in [9.17, 15) is 9.90 Å². The van der Waals surface area contributed by atoms with Crippen LogP contribution in [0, 0.1) is 12.8 Å². The summed E-state index contributed by atoms with van der Waals surface area (Å²) < 4.78 is 0. The zero-order valence-electron chi connectivity index (χ0n) is 11.2. The van der Waals surface area contributed by atoms with E-state index in [0.717, 1.165) is 36.8 Å². The highest BCUT2D eigenvalue weighted by molar-refractivity contribution is 9.09. The number of carbonyl (C=O) groups is 1. The molecule has 1 unspecified atom stereocenters. The molecular formula is C15H20BrNO2. The molecule has 1 saturated heterocycles. The van der Waals surface area contributed by atoms with E-state index >= 15 is 0 Å². The molecule has 1 aromatic carbocycles. The van der Waals surface area contributed by atoms with E-state index in [4.69, 9.17) is 0 Å². The molecule has 0 spiro atoms. The number of carbonyl (C=O) groups excluding carboxylic acids is 1. The molecule has 1 heterocycles. The predicted octanol–water partition coefficient (Wildman–Crippen LogP) is 3.34. The first kappa shape index (κ1) is 14.4. The second-order valence-corrected chi connectivity index (χ2v) is 6.03. The molecule has 0 bridgehead atoms. The highest BCUT2D eigenvalue weighted by Gasteiger charge is 2.24. The minimum atomic E-state index is 0.0942. The van der Waals surface area contributed by atoms with Crippen molar-refractivity contribution < 1.29 is 9.90 Å². The van der Waals surface area contributed by atoms with Crippen molar-refractivity contribution in [2.45, 2.75) is 26.2 Å². The first-order valence-corrected chi connectivity index (χ1v) is 7.89. The average Bonchev–Trinajstić information content (AvgIpc) is 2.39. The van der Waals surface area contributed by atoms with Crippen LogP contribution in [0.5, 0.6) is 5.75 Å². The van der Waals surface area contributed by atoms with Gasteiger partial charge in [0.05, 0.1) is 0 Å². The van der Waals surface area contributed by atoms with Crippen LogP contribution < -0.4 is 0 Å². The Morgan fingerprint density at radius 3 is 3.00 bits per heavy atom. The van der Waals surface area contributed by atoms with E-state index in [0.29, 0.717) is 11.5 Å². The number of rotatable bonds is 3. The fourth-order valence-corrected chi connectivity index (χ4v) is 3.35. The quantitative estimate of drug-likeness (QED) is 0.866. The van der Waals surface area contributed by atoms with Crippen LogP contribution in [0.3, 0.4) is 0 Å². The Morgan fingerprint density at radius 2 is 2.32 bits per heavy atom. The van der Waals surface area contributed by atoms with E-state index in [1.807, 2.05) is 11.8 Å². The third-order valence-electron chi connectivity index (χ3n) is 3.76. The monoisotopic (exact) mass is 325 g/mol. The van der Waals surface area contributed by atoms with E-state index in [2.05, 4.69) is 15.9 Å². The topological polar surface area (TPSA) is 40.5 Å². The van der Waals surface area contributed by atoms with Gasteiger partial charge in [-0.15, -0.1) is 0 Å². The largest absolute Gasteiger partial charge is 0.508 e. The minimum absolute atomic E-state index is 0.0942. The van der Waals surface area contributed by atoms with E-state index < -0.39 is 0 Å². The van der Waals surface area contributed by atoms with Crippen LogP contribution in [0.2, 0.25) is 0 Å². The van der Waals surface area contributed by atoms with Gasteiger partial charge in [0, 0.05) is 24.0 Å². The maximum Gasteiger partial charge on any atom is 0.254 e. The summed E-state index contributed by atoms with van der Waals surface area (Å²) in [7, 11) is 0. The smallest absolute Gasteiger partial charge is 0.254 e. The van der Waals surface area contributed by atoms with Gasteiger partial charge < -0.3 is 10.0 Å². The fraction of sp³-hybridized carbons (Fsp3) is 0.533. The molecule has 19 heavy (non-hydrogen) atoms.